The molecule has 2 N–H and O–H groups in total. The number of benzene rings is 1. The van der Waals surface area contributed by atoms with Crippen molar-refractivity contribution in [1.82, 2.24) is 0 Å². The SMILES string of the molecule is O=C(O)[C@H]1[C@H]2CC[C@H](C2)[C@@H]1C(=O)Nc1ccc2c(c1)OCCO2. The van der Waals surface area contributed by atoms with Crippen LogP contribution in [0.1, 0.15) is 19.3 Å². The number of hydrogen-bond acceptors (Lipinski definition) is 4. The second-order valence-electron chi connectivity index (χ2n) is 6.57. The second-order valence-corrected chi connectivity index (χ2v) is 6.57. The summed E-state index contributed by atoms with van der Waals surface area (Å²) in [5.41, 5.74) is 0.617. The summed E-state index contributed by atoms with van der Waals surface area (Å²) in [4.78, 5) is 24.2. The zero-order valence-corrected chi connectivity index (χ0v) is 12.7. The summed E-state index contributed by atoms with van der Waals surface area (Å²) in [6.45, 7) is 1.00. The average molecular weight is 317 g/mol. The highest BCUT2D eigenvalue weighted by molar-refractivity contribution is 5.96. The van der Waals surface area contributed by atoms with E-state index < -0.39 is 17.8 Å². The van der Waals surface area contributed by atoms with Crippen LogP contribution < -0.4 is 14.8 Å². The number of carbonyl (C=O) groups is 2. The van der Waals surface area contributed by atoms with Gasteiger partial charge in [0, 0.05) is 11.8 Å². The van der Waals surface area contributed by atoms with Crippen LogP contribution in [0.5, 0.6) is 11.5 Å². The summed E-state index contributed by atoms with van der Waals surface area (Å²) < 4.78 is 11.0. The molecular weight excluding hydrogens is 298 g/mol. The lowest BCUT2D eigenvalue weighted by atomic mass is 9.78. The number of rotatable bonds is 3. The quantitative estimate of drug-likeness (QED) is 0.892. The predicted molar refractivity (Wildman–Crippen MR) is 81.5 cm³/mol. The zero-order valence-electron chi connectivity index (χ0n) is 12.7. The molecule has 4 atom stereocenters. The van der Waals surface area contributed by atoms with Gasteiger partial charge < -0.3 is 19.9 Å². The van der Waals surface area contributed by atoms with E-state index in [0.717, 1.165) is 19.3 Å². The third-order valence-corrected chi connectivity index (χ3v) is 5.31. The molecule has 1 aromatic rings. The van der Waals surface area contributed by atoms with Gasteiger partial charge in [0.1, 0.15) is 13.2 Å². The van der Waals surface area contributed by atoms with Crippen molar-refractivity contribution >= 4 is 17.6 Å². The molecule has 4 rings (SSSR count). The molecule has 0 saturated heterocycles. The molecule has 2 bridgehead atoms. The highest BCUT2D eigenvalue weighted by Crippen LogP contribution is 2.52. The molecule has 2 aliphatic carbocycles. The molecule has 0 spiro atoms. The molecule has 122 valence electrons. The molecular formula is C17H19NO5. The minimum absolute atomic E-state index is 0.147. The number of nitrogens with one attached hydrogen (secondary N) is 1. The average Bonchev–Trinajstić information content (AvgIpc) is 3.15. The van der Waals surface area contributed by atoms with Gasteiger partial charge in [-0.3, -0.25) is 9.59 Å². The van der Waals surface area contributed by atoms with Gasteiger partial charge in [0.2, 0.25) is 5.91 Å². The summed E-state index contributed by atoms with van der Waals surface area (Å²) >= 11 is 0. The van der Waals surface area contributed by atoms with Crippen molar-refractivity contribution in [2.24, 2.45) is 23.7 Å². The van der Waals surface area contributed by atoms with Crippen LogP contribution >= 0.6 is 0 Å². The van der Waals surface area contributed by atoms with Crippen molar-refractivity contribution in [3.05, 3.63) is 18.2 Å². The van der Waals surface area contributed by atoms with E-state index in [0.29, 0.717) is 30.4 Å². The van der Waals surface area contributed by atoms with E-state index in [1.807, 2.05) is 0 Å². The Morgan fingerprint density at radius 3 is 2.48 bits per heavy atom. The van der Waals surface area contributed by atoms with Crippen molar-refractivity contribution in [1.29, 1.82) is 0 Å². The number of hydrogen-bond donors (Lipinski definition) is 2. The fraction of sp³-hybridized carbons (Fsp3) is 0.529. The Morgan fingerprint density at radius 1 is 1.04 bits per heavy atom. The summed E-state index contributed by atoms with van der Waals surface area (Å²) in [6, 6.07) is 5.25. The van der Waals surface area contributed by atoms with Gasteiger partial charge in [-0.25, -0.2) is 0 Å². The van der Waals surface area contributed by atoms with E-state index >= 15 is 0 Å². The Balaban J connectivity index is 1.52. The maximum absolute atomic E-state index is 12.6. The van der Waals surface area contributed by atoms with Crippen LogP contribution in [0.2, 0.25) is 0 Å². The summed E-state index contributed by atoms with van der Waals surface area (Å²) in [5.74, 6) is -0.410. The number of carboxylic acid groups (broad SMARTS) is 1. The van der Waals surface area contributed by atoms with Crippen LogP contribution in [-0.4, -0.2) is 30.2 Å². The molecule has 1 heterocycles. The molecule has 1 aliphatic heterocycles. The van der Waals surface area contributed by atoms with Gasteiger partial charge in [0.15, 0.2) is 11.5 Å². The number of fused-ring (bicyclic) bond motifs is 3. The van der Waals surface area contributed by atoms with Crippen molar-refractivity contribution in [3.63, 3.8) is 0 Å². The number of carboxylic acids is 1. The molecule has 6 nitrogen and oxygen atoms in total. The molecule has 0 aromatic heterocycles. The third-order valence-electron chi connectivity index (χ3n) is 5.31. The van der Waals surface area contributed by atoms with Gasteiger partial charge in [-0.15, -0.1) is 0 Å². The van der Waals surface area contributed by atoms with Crippen LogP contribution in [0.4, 0.5) is 5.69 Å². The van der Waals surface area contributed by atoms with Crippen LogP contribution in [0, 0.1) is 23.7 Å². The normalized spacial score (nSPS) is 31.0. The van der Waals surface area contributed by atoms with E-state index in [2.05, 4.69) is 5.32 Å². The lowest BCUT2D eigenvalue weighted by Crippen LogP contribution is -2.37. The standard InChI is InChI=1S/C17H19NO5/c19-16(14-9-1-2-10(7-9)15(14)17(20)21)18-11-3-4-12-13(8-11)23-6-5-22-12/h3-4,8-10,14-15H,1-2,5-7H2,(H,18,19)(H,20,21)/t9-,10+,14+,15+/m1/s1. The monoisotopic (exact) mass is 317 g/mol. The predicted octanol–water partition coefficient (Wildman–Crippen LogP) is 2.14. The Hall–Kier alpha value is -2.24. The highest BCUT2D eigenvalue weighted by Gasteiger charge is 2.53. The van der Waals surface area contributed by atoms with Gasteiger partial charge in [0.05, 0.1) is 11.8 Å². The Labute approximate surface area is 133 Å². The Bertz CT molecular complexity index is 658. The first-order valence-electron chi connectivity index (χ1n) is 8.07. The highest BCUT2D eigenvalue weighted by atomic mass is 16.6. The number of carbonyl (C=O) groups excluding carboxylic acids is 1. The van der Waals surface area contributed by atoms with Gasteiger partial charge in [-0.2, -0.15) is 0 Å². The van der Waals surface area contributed by atoms with E-state index in [4.69, 9.17) is 9.47 Å². The van der Waals surface area contributed by atoms with E-state index in [1.165, 1.54) is 0 Å². The lowest BCUT2D eigenvalue weighted by molar-refractivity contribution is -0.148. The smallest absolute Gasteiger partial charge is 0.307 e. The molecule has 2 saturated carbocycles. The van der Waals surface area contributed by atoms with Gasteiger partial charge >= 0.3 is 5.97 Å². The van der Waals surface area contributed by atoms with Crippen LogP contribution in [-0.2, 0) is 9.59 Å². The molecule has 1 aromatic carbocycles. The minimum atomic E-state index is -0.848. The van der Waals surface area contributed by atoms with Crippen molar-refractivity contribution in [2.45, 2.75) is 19.3 Å². The molecule has 6 heteroatoms. The Morgan fingerprint density at radius 2 is 1.74 bits per heavy atom. The summed E-state index contributed by atoms with van der Waals surface area (Å²) in [7, 11) is 0. The fourth-order valence-electron chi connectivity index (χ4n) is 4.37. The first kappa shape index (κ1) is 14.4. The molecule has 3 aliphatic rings. The number of aliphatic carboxylic acids is 1. The molecule has 0 radical (unpaired) electrons. The van der Waals surface area contributed by atoms with Crippen LogP contribution in [0.25, 0.3) is 0 Å². The van der Waals surface area contributed by atoms with Crippen molar-refractivity contribution < 1.29 is 24.2 Å². The summed E-state index contributed by atoms with van der Waals surface area (Å²) in [6.07, 6.45) is 2.74. The van der Waals surface area contributed by atoms with E-state index in [1.54, 1.807) is 18.2 Å². The third kappa shape index (κ3) is 2.42. The maximum Gasteiger partial charge on any atom is 0.307 e. The molecule has 23 heavy (non-hydrogen) atoms. The Kier molecular flexibility index (Phi) is 3.39. The lowest BCUT2D eigenvalue weighted by Gasteiger charge is -2.27. The molecule has 2 fully saturated rings. The zero-order chi connectivity index (χ0) is 16.0. The first-order valence-corrected chi connectivity index (χ1v) is 8.07. The number of amides is 1. The second kappa shape index (κ2) is 5.44. The van der Waals surface area contributed by atoms with Crippen LogP contribution in [0.15, 0.2) is 18.2 Å². The number of ether oxygens (including phenoxy) is 2. The molecule has 1 amide bonds. The minimum Gasteiger partial charge on any atom is -0.486 e. The van der Waals surface area contributed by atoms with E-state index in [9.17, 15) is 14.7 Å². The largest absolute Gasteiger partial charge is 0.486 e. The van der Waals surface area contributed by atoms with Crippen molar-refractivity contribution in [2.75, 3.05) is 18.5 Å². The fourth-order valence-corrected chi connectivity index (χ4v) is 4.37. The van der Waals surface area contributed by atoms with Gasteiger partial charge in [-0.1, -0.05) is 0 Å². The molecule has 0 unspecified atom stereocenters. The summed E-state index contributed by atoms with van der Waals surface area (Å²) in [5, 5.41) is 12.3. The number of anilines is 1. The topological polar surface area (TPSA) is 84.9 Å². The first-order chi connectivity index (χ1) is 11.1. The van der Waals surface area contributed by atoms with Crippen LogP contribution in [0.3, 0.4) is 0 Å². The van der Waals surface area contributed by atoms with Crippen molar-refractivity contribution in [3.8, 4) is 11.5 Å². The van der Waals surface area contributed by atoms with E-state index in [-0.39, 0.29) is 17.7 Å². The van der Waals surface area contributed by atoms with Gasteiger partial charge in [0.25, 0.3) is 0 Å². The maximum atomic E-state index is 12.6. The van der Waals surface area contributed by atoms with Gasteiger partial charge in [-0.05, 0) is 43.2 Å².